The van der Waals surface area contributed by atoms with Crippen LogP contribution in [0.15, 0.2) is 60.9 Å². The molecular formula is C25H29N5S. The SMILES string of the molecule is S=C(NCCN1CCCC(N2CCc3cncc4cccc2c34)C1)Nc1ccccc1. The Balaban J connectivity index is 1.18. The van der Waals surface area contributed by atoms with Crippen LogP contribution >= 0.6 is 12.2 Å². The van der Waals surface area contributed by atoms with Crippen molar-refractivity contribution in [3.05, 3.63) is 66.5 Å². The molecule has 2 aromatic carbocycles. The number of hydrogen-bond donors (Lipinski definition) is 2. The first-order chi connectivity index (χ1) is 15.3. The van der Waals surface area contributed by atoms with E-state index in [2.05, 4.69) is 43.6 Å². The number of hydrogen-bond acceptors (Lipinski definition) is 4. The minimum Gasteiger partial charge on any atom is -0.366 e. The largest absolute Gasteiger partial charge is 0.366 e. The van der Waals surface area contributed by atoms with Gasteiger partial charge in [-0.05, 0) is 61.8 Å². The summed E-state index contributed by atoms with van der Waals surface area (Å²) in [5.74, 6) is 0. The Bertz CT molecular complexity index is 1050. The lowest BCUT2D eigenvalue weighted by Gasteiger charge is -2.43. The zero-order valence-electron chi connectivity index (χ0n) is 17.8. The fraction of sp³-hybridized carbons (Fsp3) is 0.360. The lowest BCUT2D eigenvalue weighted by atomic mass is 9.95. The second-order valence-electron chi connectivity index (χ2n) is 8.46. The predicted octanol–water partition coefficient (Wildman–Crippen LogP) is 4.05. The highest BCUT2D eigenvalue weighted by Crippen LogP contribution is 2.36. The molecule has 0 aliphatic carbocycles. The van der Waals surface area contributed by atoms with Crippen LogP contribution in [0.4, 0.5) is 11.4 Å². The molecule has 0 saturated carbocycles. The van der Waals surface area contributed by atoms with Gasteiger partial charge in [0.1, 0.15) is 0 Å². The number of thiocarbonyl (C=S) groups is 1. The minimum absolute atomic E-state index is 0.565. The van der Waals surface area contributed by atoms with E-state index in [1.165, 1.54) is 34.9 Å². The Labute approximate surface area is 189 Å². The third-order valence-corrected chi connectivity index (χ3v) is 6.68. The lowest BCUT2D eigenvalue weighted by molar-refractivity contribution is 0.207. The topological polar surface area (TPSA) is 43.4 Å². The molecule has 2 aliphatic rings. The van der Waals surface area contributed by atoms with Crippen molar-refractivity contribution in [3.63, 3.8) is 0 Å². The van der Waals surface area contributed by atoms with Gasteiger partial charge in [-0.15, -0.1) is 0 Å². The maximum absolute atomic E-state index is 5.45. The first-order valence-corrected chi connectivity index (χ1v) is 11.6. The maximum Gasteiger partial charge on any atom is 0.170 e. The molecule has 0 radical (unpaired) electrons. The van der Waals surface area contributed by atoms with Gasteiger partial charge in [0.25, 0.3) is 0 Å². The van der Waals surface area contributed by atoms with Crippen molar-refractivity contribution in [2.24, 2.45) is 0 Å². The number of rotatable bonds is 5. The number of anilines is 2. The standard InChI is InChI=1S/C25H29N5S/c31-25(28-21-7-2-1-3-8-21)27-12-15-29-13-5-9-22(18-29)30-14-11-20-17-26-16-19-6-4-10-23(30)24(19)20/h1-4,6-8,10,16-17,22H,5,9,11-15,18H2,(H2,27,28,31). The highest BCUT2D eigenvalue weighted by molar-refractivity contribution is 7.80. The van der Waals surface area contributed by atoms with Crippen LogP contribution in [0.25, 0.3) is 10.8 Å². The Morgan fingerprint density at radius 3 is 2.87 bits per heavy atom. The molecule has 160 valence electrons. The van der Waals surface area contributed by atoms with E-state index >= 15 is 0 Å². The van der Waals surface area contributed by atoms with Crippen LogP contribution < -0.4 is 15.5 Å². The van der Waals surface area contributed by atoms with Crippen molar-refractivity contribution >= 4 is 39.5 Å². The van der Waals surface area contributed by atoms with Crippen molar-refractivity contribution in [3.8, 4) is 0 Å². The summed E-state index contributed by atoms with van der Waals surface area (Å²) >= 11 is 5.45. The Hall–Kier alpha value is -2.70. The van der Waals surface area contributed by atoms with Gasteiger partial charge in [0, 0.05) is 66.8 Å². The van der Waals surface area contributed by atoms with E-state index in [1.807, 2.05) is 42.7 Å². The molecule has 31 heavy (non-hydrogen) atoms. The maximum atomic E-state index is 5.45. The number of aromatic nitrogens is 1. The molecule has 2 aliphatic heterocycles. The minimum atomic E-state index is 0.565. The van der Waals surface area contributed by atoms with Crippen molar-refractivity contribution in [2.75, 3.05) is 42.9 Å². The third-order valence-electron chi connectivity index (χ3n) is 6.44. The smallest absolute Gasteiger partial charge is 0.170 e. The molecule has 1 unspecified atom stereocenters. The number of nitrogens with one attached hydrogen (secondary N) is 2. The summed E-state index contributed by atoms with van der Waals surface area (Å²) in [5.41, 5.74) is 3.80. The normalized spacial score (nSPS) is 18.7. The fourth-order valence-electron chi connectivity index (χ4n) is 4.97. The molecule has 3 aromatic rings. The molecule has 1 saturated heterocycles. The van der Waals surface area contributed by atoms with Gasteiger partial charge >= 0.3 is 0 Å². The number of pyridine rings is 1. The monoisotopic (exact) mass is 431 g/mol. The highest BCUT2D eigenvalue weighted by Gasteiger charge is 2.29. The van der Waals surface area contributed by atoms with Crippen LogP contribution in [0.5, 0.6) is 0 Å². The molecule has 2 N–H and O–H groups in total. The molecule has 6 heteroatoms. The Kier molecular flexibility index (Phi) is 6.00. The summed E-state index contributed by atoms with van der Waals surface area (Å²) < 4.78 is 0. The lowest BCUT2D eigenvalue weighted by Crippen LogP contribution is -2.51. The molecule has 1 atom stereocenters. The van der Waals surface area contributed by atoms with Crippen LogP contribution in [-0.4, -0.2) is 53.8 Å². The summed E-state index contributed by atoms with van der Waals surface area (Å²) in [7, 11) is 0. The van der Waals surface area contributed by atoms with Gasteiger partial charge in [-0.2, -0.15) is 0 Å². The van der Waals surface area contributed by atoms with Crippen LogP contribution in [0.2, 0.25) is 0 Å². The van der Waals surface area contributed by atoms with E-state index in [0.29, 0.717) is 11.2 Å². The second kappa shape index (κ2) is 9.20. The van der Waals surface area contributed by atoms with Gasteiger partial charge in [-0.3, -0.25) is 9.88 Å². The van der Waals surface area contributed by atoms with Crippen molar-refractivity contribution < 1.29 is 0 Å². The fourth-order valence-corrected chi connectivity index (χ4v) is 5.19. The zero-order valence-corrected chi connectivity index (χ0v) is 18.6. The number of benzene rings is 2. The van der Waals surface area contributed by atoms with Gasteiger partial charge in [0.05, 0.1) is 0 Å². The number of nitrogens with zero attached hydrogens (tertiary/aromatic N) is 3. The second-order valence-corrected chi connectivity index (χ2v) is 8.87. The van der Waals surface area contributed by atoms with Gasteiger partial charge in [0.2, 0.25) is 0 Å². The van der Waals surface area contributed by atoms with Gasteiger partial charge in [-0.1, -0.05) is 30.3 Å². The summed E-state index contributed by atoms with van der Waals surface area (Å²) in [6.45, 7) is 5.22. The molecule has 0 spiro atoms. The highest BCUT2D eigenvalue weighted by atomic mass is 32.1. The molecule has 0 amide bonds. The Morgan fingerprint density at radius 2 is 1.97 bits per heavy atom. The van der Waals surface area contributed by atoms with Crippen LogP contribution in [0.3, 0.4) is 0 Å². The zero-order chi connectivity index (χ0) is 21.0. The Morgan fingerprint density at radius 1 is 1.06 bits per heavy atom. The molecule has 1 aromatic heterocycles. The van der Waals surface area contributed by atoms with Gasteiger partial charge in [-0.25, -0.2) is 0 Å². The van der Waals surface area contributed by atoms with E-state index in [4.69, 9.17) is 12.2 Å². The van der Waals surface area contributed by atoms with E-state index < -0.39 is 0 Å². The third kappa shape index (κ3) is 4.50. The summed E-state index contributed by atoms with van der Waals surface area (Å²) in [5, 5.41) is 9.96. The van der Waals surface area contributed by atoms with Crippen LogP contribution in [-0.2, 0) is 6.42 Å². The number of piperidine rings is 1. The van der Waals surface area contributed by atoms with Gasteiger partial charge < -0.3 is 15.5 Å². The number of likely N-dealkylation sites (tertiary alicyclic amines) is 1. The van der Waals surface area contributed by atoms with E-state index in [0.717, 1.165) is 44.8 Å². The molecule has 5 nitrogen and oxygen atoms in total. The van der Waals surface area contributed by atoms with Crippen molar-refractivity contribution in [1.82, 2.24) is 15.2 Å². The van der Waals surface area contributed by atoms with Gasteiger partial charge in [0.15, 0.2) is 5.11 Å². The van der Waals surface area contributed by atoms with E-state index in [1.54, 1.807) is 0 Å². The molecule has 3 heterocycles. The number of para-hydroxylation sites is 1. The van der Waals surface area contributed by atoms with Crippen molar-refractivity contribution in [1.29, 1.82) is 0 Å². The van der Waals surface area contributed by atoms with E-state index in [9.17, 15) is 0 Å². The summed E-state index contributed by atoms with van der Waals surface area (Å²) in [6, 6.07) is 17.3. The predicted molar refractivity (Wildman–Crippen MR) is 133 cm³/mol. The first-order valence-electron chi connectivity index (χ1n) is 11.2. The van der Waals surface area contributed by atoms with E-state index in [-0.39, 0.29) is 0 Å². The summed E-state index contributed by atoms with van der Waals surface area (Å²) in [4.78, 5) is 9.66. The molecule has 1 fully saturated rings. The molecular weight excluding hydrogens is 402 g/mol. The molecule has 5 rings (SSSR count). The first kappa shape index (κ1) is 20.2. The average Bonchev–Trinajstić information content (AvgIpc) is 2.81. The van der Waals surface area contributed by atoms with Crippen LogP contribution in [0, 0.1) is 0 Å². The quantitative estimate of drug-likeness (QED) is 0.594. The summed E-state index contributed by atoms with van der Waals surface area (Å²) in [6.07, 6.45) is 7.63. The average molecular weight is 432 g/mol. The van der Waals surface area contributed by atoms with Crippen LogP contribution in [0.1, 0.15) is 18.4 Å². The van der Waals surface area contributed by atoms with Crippen molar-refractivity contribution in [2.45, 2.75) is 25.3 Å². The molecule has 0 bridgehead atoms.